The number of nitrogens with zero attached hydrogens (tertiary/aromatic N) is 4. The molecule has 2 saturated heterocycles. The second kappa shape index (κ2) is 12.8. The zero-order valence-electron chi connectivity index (χ0n) is 23.6. The lowest BCUT2D eigenvalue weighted by molar-refractivity contribution is -0.130. The number of aldehydes is 1. The van der Waals surface area contributed by atoms with Crippen LogP contribution in [-0.2, 0) is 30.3 Å². The Morgan fingerprint density at radius 3 is 2.33 bits per heavy atom. The minimum Gasteiger partial charge on any atom is -0.354 e. The van der Waals surface area contributed by atoms with Gasteiger partial charge in [0.1, 0.15) is 17.3 Å². The maximum Gasteiger partial charge on any atom is 0.276 e. The summed E-state index contributed by atoms with van der Waals surface area (Å²) in [4.78, 5) is 42.4. The number of anilines is 2. The molecular formula is C29H34ClF2N5O5S. The number of amides is 2. The van der Waals surface area contributed by atoms with E-state index in [1.54, 1.807) is 21.9 Å². The van der Waals surface area contributed by atoms with Crippen molar-refractivity contribution in [3.05, 3.63) is 47.1 Å². The summed E-state index contributed by atoms with van der Waals surface area (Å²) in [5.74, 6) is -4.61. The Kier molecular flexibility index (Phi) is 9.33. The Labute approximate surface area is 254 Å². The monoisotopic (exact) mass is 637 g/mol. The Morgan fingerprint density at radius 2 is 1.72 bits per heavy atom. The highest BCUT2D eigenvalue weighted by atomic mass is 35.5. The average Bonchev–Trinajstić information content (AvgIpc) is 3.45. The third kappa shape index (κ3) is 6.68. The van der Waals surface area contributed by atoms with E-state index in [4.69, 9.17) is 11.6 Å². The largest absolute Gasteiger partial charge is 0.354 e. The van der Waals surface area contributed by atoms with Gasteiger partial charge in [-0.25, -0.2) is 22.2 Å². The Bertz CT molecular complexity index is 1460. The van der Waals surface area contributed by atoms with Gasteiger partial charge in [0.2, 0.25) is 21.8 Å². The molecule has 1 aromatic heterocycles. The predicted octanol–water partition coefficient (Wildman–Crippen LogP) is 3.59. The SMILES string of the molecule is O=CCNC(=O)[C@H]1CC[C@H](C(F)(F)c2cc(Cl)nc(N3CCN(S(=O)(=O)c4ccc(N5CCCC5=O)cc4)CC3)c2)CC1. The first-order valence-electron chi connectivity index (χ1n) is 14.4. The fourth-order valence-electron chi connectivity index (χ4n) is 6.10. The molecule has 10 nitrogen and oxygen atoms in total. The summed E-state index contributed by atoms with van der Waals surface area (Å²) >= 11 is 6.19. The number of piperazine rings is 1. The van der Waals surface area contributed by atoms with E-state index in [9.17, 15) is 22.8 Å². The number of sulfonamides is 1. The molecule has 2 aliphatic heterocycles. The van der Waals surface area contributed by atoms with Gasteiger partial charge in [-0.2, -0.15) is 4.31 Å². The molecule has 43 heavy (non-hydrogen) atoms. The number of hydrogen-bond acceptors (Lipinski definition) is 7. The first kappa shape index (κ1) is 31.3. The molecule has 0 unspecified atom stereocenters. The lowest BCUT2D eigenvalue weighted by Gasteiger charge is -2.36. The van der Waals surface area contributed by atoms with E-state index >= 15 is 8.78 Å². The van der Waals surface area contributed by atoms with E-state index in [2.05, 4.69) is 10.3 Å². The number of halogens is 3. The highest BCUT2D eigenvalue weighted by Crippen LogP contribution is 2.46. The summed E-state index contributed by atoms with van der Waals surface area (Å²) in [7, 11) is -3.80. The molecule has 1 saturated carbocycles. The van der Waals surface area contributed by atoms with Crippen molar-refractivity contribution in [3.8, 4) is 0 Å². The summed E-state index contributed by atoms with van der Waals surface area (Å²) < 4.78 is 59.4. The maximum absolute atomic E-state index is 15.7. The van der Waals surface area contributed by atoms with Crippen LogP contribution in [-0.4, -0.2) is 75.1 Å². The van der Waals surface area contributed by atoms with Gasteiger partial charge in [0.15, 0.2) is 0 Å². The summed E-state index contributed by atoms with van der Waals surface area (Å²) in [5.41, 5.74) is 0.405. The standard InChI is InChI=1S/C29H34ClF2N5O5S/c30-25-18-22(29(31,32)21-5-3-20(4-6-21)28(40)33-11-17-38)19-26(34-25)35-13-15-36(16-14-35)43(41,42)24-9-7-23(8-10-24)37-12-1-2-27(37)39/h7-10,17-21H,1-6,11-16H2,(H,33,40)/t20-,21-. The summed E-state index contributed by atoms with van der Waals surface area (Å²) in [5, 5.41) is 2.41. The zero-order chi connectivity index (χ0) is 30.8. The molecule has 3 aliphatic rings. The van der Waals surface area contributed by atoms with Crippen LogP contribution in [0.15, 0.2) is 41.3 Å². The molecule has 0 radical (unpaired) electrons. The Morgan fingerprint density at radius 1 is 1.05 bits per heavy atom. The highest BCUT2D eigenvalue weighted by molar-refractivity contribution is 7.89. The van der Waals surface area contributed by atoms with Gasteiger partial charge in [-0.15, -0.1) is 0 Å². The van der Waals surface area contributed by atoms with Crippen LogP contribution in [0.3, 0.4) is 0 Å². The number of nitrogens with one attached hydrogen (secondary N) is 1. The molecule has 3 heterocycles. The van der Waals surface area contributed by atoms with Gasteiger partial charge in [0, 0.05) is 62.2 Å². The van der Waals surface area contributed by atoms with Crippen LogP contribution in [0.2, 0.25) is 5.15 Å². The maximum atomic E-state index is 15.7. The van der Waals surface area contributed by atoms with Crippen LogP contribution in [0.5, 0.6) is 0 Å². The quantitative estimate of drug-likeness (QED) is 0.330. The number of rotatable bonds is 9. The molecule has 0 spiro atoms. The number of pyridine rings is 1. The van der Waals surface area contributed by atoms with E-state index in [-0.39, 0.29) is 78.8 Å². The molecule has 1 N–H and O–H groups in total. The Hall–Kier alpha value is -3.16. The first-order valence-corrected chi connectivity index (χ1v) is 16.2. The molecule has 2 amide bonds. The van der Waals surface area contributed by atoms with Crippen molar-refractivity contribution in [2.45, 2.75) is 49.3 Å². The summed E-state index contributed by atoms with van der Waals surface area (Å²) in [6, 6.07) is 8.75. The Balaban J connectivity index is 1.22. The van der Waals surface area contributed by atoms with Gasteiger partial charge in [0.05, 0.1) is 11.4 Å². The van der Waals surface area contributed by atoms with Gasteiger partial charge < -0.3 is 19.9 Å². The van der Waals surface area contributed by atoms with Crippen molar-refractivity contribution in [3.63, 3.8) is 0 Å². The molecule has 1 aromatic carbocycles. The molecule has 0 bridgehead atoms. The molecule has 232 valence electrons. The minimum absolute atomic E-state index is 0.0195. The lowest BCUT2D eigenvalue weighted by atomic mass is 9.77. The van der Waals surface area contributed by atoms with Gasteiger partial charge in [0.25, 0.3) is 5.92 Å². The summed E-state index contributed by atoms with van der Waals surface area (Å²) in [6.07, 6.45) is 2.73. The number of hydrogen-bond donors (Lipinski definition) is 1. The van der Waals surface area contributed by atoms with Crippen LogP contribution in [0.1, 0.15) is 44.1 Å². The molecule has 1 aliphatic carbocycles. The van der Waals surface area contributed by atoms with E-state index in [0.29, 0.717) is 37.8 Å². The second-order valence-electron chi connectivity index (χ2n) is 11.2. The number of benzene rings is 1. The predicted molar refractivity (Wildman–Crippen MR) is 157 cm³/mol. The third-order valence-corrected chi connectivity index (χ3v) is 10.7. The number of alkyl halides is 2. The second-order valence-corrected chi connectivity index (χ2v) is 13.5. The van der Waals surface area contributed by atoms with E-state index in [1.165, 1.54) is 22.5 Å². The van der Waals surface area contributed by atoms with Crippen LogP contribution in [0.25, 0.3) is 0 Å². The number of carbonyl (C=O) groups is 3. The van der Waals surface area contributed by atoms with Crippen molar-refractivity contribution >= 4 is 51.2 Å². The molecule has 14 heteroatoms. The van der Waals surface area contributed by atoms with Crippen LogP contribution in [0.4, 0.5) is 20.3 Å². The van der Waals surface area contributed by atoms with Crippen molar-refractivity contribution in [1.82, 2.24) is 14.6 Å². The van der Waals surface area contributed by atoms with Crippen LogP contribution in [0, 0.1) is 11.8 Å². The topological polar surface area (TPSA) is 120 Å². The minimum atomic E-state index is -3.80. The molecule has 0 atom stereocenters. The van der Waals surface area contributed by atoms with E-state index in [1.807, 2.05) is 0 Å². The van der Waals surface area contributed by atoms with Crippen molar-refractivity contribution in [2.75, 3.05) is 49.1 Å². The molecular weight excluding hydrogens is 604 g/mol. The van der Waals surface area contributed by atoms with Gasteiger partial charge in [-0.1, -0.05) is 11.6 Å². The molecule has 5 rings (SSSR count). The van der Waals surface area contributed by atoms with Crippen LogP contribution < -0.4 is 15.1 Å². The first-order chi connectivity index (χ1) is 20.5. The van der Waals surface area contributed by atoms with Gasteiger partial charge >= 0.3 is 0 Å². The lowest BCUT2D eigenvalue weighted by Crippen LogP contribution is -2.49. The number of aromatic nitrogens is 1. The van der Waals surface area contributed by atoms with Crippen molar-refractivity contribution in [1.29, 1.82) is 0 Å². The fraction of sp³-hybridized carbons (Fsp3) is 0.517. The van der Waals surface area contributed by atoms with Gasteiger partial charge in [-0.3, -0.25) is 9.59 Å². The van der Waals surface area contributed by atoms with Gasteiger partial charge in [-0.05, 0) is 68.5 Å². The fourth-order valence-corrected chi connectivity index (χ4v) is 7.73. The summed E-state index contributed by atoms with van der Waals surface area (Å²) in [6.45, 7) is 1.25. The average molecular weight is 638 g/mol. The third-order valence-electron chi connectivity index (χ3n) is 8.56. The van der Waals surface area contributed by atoms with Crippen LogP contribution >= 0.6 is 11.6 Å². The normalized spacial score (nSPS) is 22.1. The highest BCUT2D eigenvalue weighted by Gasteiger charge is 2.44. The molecule has 3 fully saturated rings. The van der Waals surface area contributed by atoms with Crippen molar-refractivity contribution < 1.29 is 31.6 Å². The number of carbonyl (C=O) groups excluding carboxylic acids is 3. The smallest absolute Gasteiger partial charge is 0.276 e. The zero-order valence-corrected chi connectivity index (χ0v) is 25.1. The van der Waals surface area contributed by atoms with E-state index < -0.39 is 27.8 Å². The van der Waals surface area contributed by atoms with E-state index in [0.717, 1.165) is 12.5 Å². The molecule has 2 aromatic rings. The van der Waals surface area contributed by atoms with Crippen molar-refractivity contribution in [2.24, 2.45) is 11.8 Å².